The van der Waals surface area contributed by atoms with Gasteiger partial charge in [0, 0.05) is 42.7 Å². The second-order valence-corrected chi connectivity index (χ2v) is 13.8. The SMILES string of the molecule is CC(=O)N1C(O)(O)C(O)(O)N(C2CCN(COCN(C)C(C)c3c(O)c(C(F)(F)F)c(O)c(C(F)(F)F)c3O)C(c3c(C)c(O)c(F)c(O)c3O)C2)C(O)(O)C1(O)O. The summed E-state index contributed by atoms with van der Waals surface area (Å²) >= 11 is 0. The average Bonchev–Trinajstić information content (AvgIpc) is 3.04. The first-order chi connectivity index (χ1) is 26.1. The minimum atomic E-state index is -5.76. The molecule has 2 saturated heterocycles. The third kappa shape index (κ3) is 7.12. The molecule has 2 aliphatic heterocycles. The first-order valence-corrected chi connectivity index (χ1v) is 16.4. The van der Waals surface area contributed by atoms with Crippen LogP contribution < -0.4 is 0 Å². The van der Waals surface area contributed by atoms with Crippen LogP contribution in [0.25, 0.3) is 0 Å². The summed E-state index contributed by atoms with van der Waals surface area (Å²) in [6, 6.07) is -5.38. The van der Waals surface area contributed by atoms with Crippen molar-refractivity contribution in [2.45, 2.75) is 87.7 Å². The molecule has 0 spiro atoms. The molecule has 0 bridgehead atoms. The van der Waals surface area contributed by atoms with Crippen LogP contribution in [0.2, 0.25) is 0 Å². The Hall–Kier alpha value is -4.26. The number of likely N-dealkylation sites (tertiary alicyclic amines) is 1. The van der Waals surface area contributed by atoms with Crippen LogP contribution in [0.1, 0.15) is 66.6 Å². The van der Waals surface area contributed by atoms with E-state index in [1.165, 1.54) is 0 Å². The lowest BCUT2D eigenvalue weighted by molar-refractivity contribution is -0.604. The molecule has 2 heterocycles. The van der Waals surface area contributed by atoms with Gasteiger partial charge in [-0.2, -0.15) is 35.6 Å². The molecular weight excluding hydrogens is 817 g/mol. The zero-order valence-corrected chi connectivity index (χ0v) is 30.3. The van der Waals surface area contributed by atoms with Gasteiger partial charge in [0.25, 0.3) is 0 Å². The number of nitrogens with zero attached hydrogens (tertiary/aromatic N) is 4. The van der Waals surface area contributed by atoms with Gasteiger partial charge < -0.3 is 76.2 Å². The molecule has 0 radical (unpaired) electrons. The fourth-order valence-electron chi connectivity index (χ4n) is 7.21. The molecule has 3 atom stereocenters. The molecule has 3 unspecified atom stereocenters. The fourth-order valence-corrected chi connectivity index (χ4v) is 7.21. The molecule has 328 valence electrons. The van der Waals surface area contributed by atoms with Gasteiger partial charge >= 0.3 is 36.0 Å². The van der Waals surface area contributed by atoms with Crippen molar-refractivity contribution >= 4 is 5.91 Å². The topological polar surface area (TPSA) is 322 Å². The van der Waals surface area contributed by atoms with E-state index in [4.69, 9.17) is 4.74 Å². The first-order valence-electron chi connectivity index (χ1n) is 16.4. The quantitative estimate of drug-likeness (QED) is 0.0672. The van der Waals surface area contributed by atoms with Gasteiger partial charge in [-0.1, -0.05) is 0 Å². The number of aromatic hydroxyl groups is 6. The van der Waals surface area contributed by atoms with E-state index in [1.54, 1.807) is 0 Å². The van der Waals surface area contributed by atoms with E-state index in [0.29, 0.717) is 6.92 Å². The summed E-state index contributed by atoms with van der Waals surface area (Å²) in [6.07, 6.45) is -13.0. The van der Waals surface area contributed by atoms with Crippen LogP contribution in [0.3, 0.4) is 0 Å². The summed E-state index contributed by atoms with van der Waals surface area (Å²) in [4.78, 5) is 12.8. The highest BCUT2D eigenvalue weighted by atomic mass is 19.4. The summed E-state index contributed by atoms with van der Waals surface area (Å²) in [6.45, 7) is 0.240. The summed E-state index contributed by atoms with van der Waals surface area (Å²) in [5.41, 5.74) is -7.47. The second-order valence-electron chi connectivity index (χ2n) is 13.8. The Morgan fingerprint density at radius 2 is 1.26 bits per heavy atom. The summed E-state index contributed by atoms with van der Waals surface area (Å²) in [5, 5.41) is 148. The van der Waals surface area contributed by atoms with Crippen molar-refractivity contribution < 1.29 is 112 Å². The molecule has 0 saturated carbocycles. The van der Waals surface area contributed by atoms with Crippen molar-refractivity contribution in [1.82, 2.24) is 19.6 Å². The Kier molecular flexibility index (Phi) is 11.8. The Morgan fingerprint density at radius 3 is 1.69 bits per heavy atom. The highest BCUT2D eigenvalue weighted by Gasteiger charge is 2.79. The standard InChI is InChI=1S/C31H39F7N4O16/c1-10-15(23(47)25(49)19(32)20(10)44)14-7-13(42-30(54,55)28(50,51)41(12(3)43)29(52,53)31(42,56)57)5-6-40(14)9-58-8-39(4)11(2)16-21(45)17(26(33,34)35)24(48)18(22(16)46)27(36,37)38/h11,13-14,44-57H,5-9H2,1-4H3. The number of carbonyl (C=O) groups excluding carboxylic acids is 1. The number of aliphatic hydroxyl groups is 8. The highest BCUT2D eigenvalue weighted by Crippen LogP contribution is 2.56. The monoisotopic (exact) mass is 856 g/mol. The van der Waals surface area contributed by atoms with Crippen molar-refractivity contribution in [3.63, 3.8) is 0 Å². The van der Waals surface area contributed by atoms with E-state index in [1.807, 2.05) is 0 Å². The Morgan fingerprint density at radius 1 is 0.793 bits per heavy atom. The number of benzene rings is 2. The molecule has 2 fully saturated rings. The maximum absolute atomic E-state index is 14.5. The number of amides is 1. The number of piperidine rings is 1. The summed E-state index contributed by atoms with van der Waals surface area (Å²) < 4.78 is 102. The second kappa shape index (κ2) is 14.8. The van der Waals surface area contributed by atoms with E-state index >= 15 is 0 Å². The predicted octanol–water partition coefficient (Wildman–Crippen LogP) is -0.747. The molecule has 1 amide bonds. The highest BCUT2D eigenvalue weighted by molar-refractivity contribution is 5.74. The number of piperazine rings is 1. The van der Waals surface area contributed by atoms with Gasteiger partial charge in [0.1, 0.15) is 41.8 Å². The minimum Gasteiger partial charge on any atom is -0.507 e. The molecule has 14 N–H and O–H groups in total. The van der Waals surface area contributed by atoms with Gasteiger partial charge in [-0.15, -0.1) is 0 Å². The van der Waals surface area contributed by atoms with Gasteiger partial charge in [-0.3, -0.25) is 14.6 Å². The third-order valence-corrected chi connectivity index (χ3v) is 10.2. The van der Waals surface area contributed by atoms with E-state index < -0.39 is 171 Å². The van der Waals surface area contributed by atoms with Crippen molar-refractivity contribution in [3.05, 3.63) is 33.6 Å². The minimum absolute atomic E-state index is 0.436. The molecule has 0 aromatic heterocycles. The number of phenols is 6. The zero-order valence-electron chi connectivity index (χ0n) is 30.3. The van der Waals surface area contributed by atoms with Crippen molar-refractivity contribution in [3.8, 4) is 34.5 Å². The number of phenolic OH excluding ortho intramolecular Hbond substituents is 6. The van der Waals surface area contributed by atoms with E-state index in [9.17, 15) is 107 Å². The number of hydrogen-bond acceptors (Lipinski definition) is 19. The molecule has 2 aromatic rings. The van der Waals surface area contributed by atoms with Crippen LogP contribution in [-0.4, -0.2) is 154 Å². The molecule has 0 aliphatic carbocycles. The number of rotatable bonds is 8. The van der Waals surface area contributed by atoms with Crippen molar-refractivity contribution in [2.24, 2.45) is 0 Å². The number of ether oxygens (including phenoxy) is 1. The Labute approximate surface area is 320 Å². The van der Waals surface area contributed by atoms with E-state index in [2.05, 4.69) is 0 Å². The largest absolute Gasteiger partial charge is 0.507 e. The van der Waals surface area contributed by atoms with Gasteiger partial charge in [0.15, 0.2) is 17.2 Å². The van der Waals surface area contributed by atoms with Crippen molar-refractivity contribution in [2.75, 3.05) is 27.1 Å². The average molecular weight is 857 g/mol. The maximum atomic E-state index is 14.5. The maximum Gasteiger partial charge on any atom is 0.423 e. The lowest BCUT2D eigenvalue weighted by Gasteiger charge is -2.62. The lowest BCUT2D eigenvalue weighted by atomic mass is 9.86. The lowest BCUT2D eigenvalue weighted by Crippen LogP contribution is -2.92. The van der Waals surface area contributed by atoms with Gasteiger partial charge in [-0.25, -0.2) is 4.90 Å². The van der Waals surface area contributed by atoms with E-state index in [-0.39, 0.29) is 0 Å². The molecule has 27 heteroatoms. The Balaban J connectivity index is 1.73. The summed E-state index contributed by atoms with van der Waals surface area (Å²) in [5.74, 6) is -31.7. The van der Waals surface area contributed by atoms with Crippen LogP contribution >= 0.6 is 0 Å². The Bertz CT molecular complexity index is 1850. The van der Waals surface area contributed by atoms with Crippen LogP contribution in [0, 0.1) is 12.7 Å². The zero-order chi connectivity index (χ0) is 44.8. The summed E-state index contributed by atoms with van der Waals surface area (Å²) in [7, 11) is 1.03. The van der Waals surface area contributed by atoms with Crippen LogP contribution in [-0.2, 0) is 21.9 Å². The van der Waals surface area contributed by atoms with Gasteiger partial charge in [0.2, 0.25) is 11.7 Å². The van der Waals surface area contributed by atoms with Crippen LogP contribution in [0.4, 0.5) is 30.7 Å². The van der Waals surface area contributed by atoms with Crippen LogP contribution in [0.5, 0.6) is 34.5 Å². The smallest absolute Gasteiger partial charge is 0.423 e. The third-order valence-electron chi connectivity index (χ3n) is 10.2. The fraction of sp³-hybridized carbons (Fsp3) is 0.581. The number of hydrogen-bond donors (Lipinski definition) is 14. The van der Waals surface area contributed by atoms with Gasteiger partial charge in [0.05, 0.1) is 5.56 Å². The molecule has 20 nitrogen and oxygen atoms in total. The molecule has 4 rings (SSSR count). The first kappa shape index (κ1) is 46.4. The number of carbonyl (C=O) groups is 1. The van der Waals surface area contributed by atoms with Crippen LogP contribution in [0.15, 0.2) is 0 Å². The van der Waals surface area contributed by atoms with Crippen molar-refractivity contribution in [1.29, 1.82) is 0 Å². The molecule has 2 aliphatic rings. The number of halogens is 7. The number of alkyl halides is 6. The molecule has 2 aromatic carbocycles. The molecule has 58 heavy (non-hydrogen) atoms. The van der Waals surface area contributed by atoms with E-state index in [0.717, 1.165) is 30.7 Å². The molecular formula is C31H39F7N4O16. The normalized spacial score (nSPS) is 23.0. The predicted molar refractivity (Wildman–Crippen MR) is 170 cm³/mol. The van der Waals surface area contributed by atoms with Gasteiger partial charge in [-0.05, 0) is 33.7 Å².